The quantitative estimate of drug-likeness (QED) is 0.0832. The molecule has 4 rings (SSSR count). The summed E-state index contributed by atoms with van der Waals surface area (Å²) >= 11 is 0. The smallest absolute Gasteiger partial charge is 0.306 e. The minimum absolute atomic E-state index is 0.0382. The molecule has 0 aromatic rings. The van der Waals surface area contributed by atoms with Gasteiger partial charge in [-0.1, -0.05) is 103 Å². The molecule has 3 saturated carbocycles. The number of fused-ring (bicyclic) bond motifs is 5. The van der Waals surface area contributed by atoms with Gasteiger partial charge in [0.05, 0.1) is 0 Å². The standard InChI is InChI=1S/C42H72O3/c1-5-6-7-8-9-10-11-12-13-14-15-16-17-18-19-22-40(44)45-35-27-29-41(3)34(32-35)23-24-36-38-26-25-37(33(2)21-20-31-43)42(38,4)30-28-39(36)41/h12-13,23,33,35-39,43H,5-11,14-22,24-32H2,1-4H3/b13-12-/t33?,35-,36-,37?,38-,39-,41-,42+/m0/s1. The molecule has 0 aliphatic heterocycles. The topological polar surface area (TPSA) is 46.5 Å². The van der Waals surface area contributed by atoms with E-state index in [1.165, 1.54) is 116 Å². The van der Waals surface area contributed by atoms with Gasteiger partial charge in [0.25, 0.3) is 0 Å². The summed E-state index contributed by atoms with van der Waals surface area (Å²) < 4.78 is 6.09. The minimum Gasteiger partial charge on any atom is -0.462 e. The van der Waals surface area contributed by atoms with E-state index in [1.54, 1.807) is 5.57 Å². The zero-order chi connectivity index (χ0) is 32.1. The van der Waals surface area contributed by atoms with Crippen molar-refractivity contribution in [3.8, 4) is 0 Å². The maximum Gasteiger partial charge on any atom is 0.306 e. The molecule has 0 radical (unpaired) electrons. The van der Waals surface area contributed by atoms with Crippen molar-refractivity contribution >= 4 is 5.97 Å². The van der Waals surface area contributed by atoms with Crippen LogP contribution in [0.4, 0.5) is 0 Å². The Labute approximate surface area is 278 Å². The summed E-state index contributed by atoms with van der Waals surface area (Å²) in [5, 5.41) is 9.40. The van der Waals surface area contributed by atoms with Crippen LogP contribution in [0.2, 0.25) is 0 Å². The number of esters is 1. The van der Waals surface area contributed by atoms with E-state index in [9.17, 15) is 9.90 Å². The van der Waals surface area contributed by atoms with Crippen LogP contribution in [0.3, 0.4) is 0 Å². The normalized spacial score (nSPS) is 33.4. The number of hydrogen-bond donors (Lipinski definition) is 1. The molecule has 3 heteroatoms. The lowest BCUT2D eigenvalue weighted by atomic mass is 9.47. The van der Waals surface area contributed by atoms with Crippen LogP contribution >= 0.6 is 0 Å². The van der Waals surface area contributed by atoms with Crippen LogP contribution in [0.15, 0.2) is 23.8 Å². The Kier molecular flexibility index (Phi) is 15.1. The van der Waals surface area contributed by atoms with Crippen molar-refractivity contribution in [2.24, 2.45) is 40.4 Å². The fourth-order valence-corrected chi connectivity index (χ4v) is 10.9. The number of carbonyl (C=O) groups is 1. The van der Waals surface area contributed by atoms with Crippen molar-refractivity contribution in [2.45, 2.75) is 188 Å². The summed E-state index contributed by atoms with van der Waals surface area (Å²) in [4.78, 5) is 12.8. The Hall–Kier alpha value is -1.09. The lowest BCUT2D eigenvalue weighted by molar-refractivity contribution is -0.151. The third-order valence-electron chi connectivity index (χ3n) is 13.6. The summed E-state index contributed by atoms with van der Waals surface area (Å²) in [6.07, 6.45) is 36.8. The third kappa shape index (κ3) is 9.73. The first kappa shape index (κ1) is 36.7. The van der Waals surface area contributed by atoms with Crippen molar-refractivity contribution in [2.75, 3.05) is 6.61 Å². The molecule has 8 atom stereocenters. The lowest BCUT2D eigenvalue weighted by Gasteiger charge is -2.58. The molecule has 3 nitrogen and oxygen atoms in total. The predicted octanol–water partition coefficient (Wildman–Crippen LogP) is 11.9. The van der Waals surface area contributed by atoms with E-state index in [1.807, 2.05) is 0 Å². The first-order valence-electron chi connectivity index (χ1n) is 20.0. The van der Waals surface area contributed by atoms with Crippen LogP contribution in [0.25, 0.3) is 0 Å². The van der Waals surface area contributed by atoms with Gasteiger partial charge in [-0.05, 0) is 130 Å². The Morgan fingerprint density at radius 2 is 1.58 bits per heavy atom. The number of aliphatic hydroxyl groups is 1. The second kappa shape index (κ2) is 18.5. The zero-order valence-corrected chi connectivity index (χ0v) is 30.1. The van der Waals surface area contributed by atoms with Gasteiger partial charge in [-0.2, -0.15) is 0 Å². The van der Waals surface area contributed by atoms with Crippen molar-refractivity contribution in [3.63, 3.8) is 0 Å². The molecule has 0 saturated heterocycles. The van der Waals surface area contributed by atoms with Gasteiger partial charge in [-0.25, -0.2) is 0 Å². The maximum atomic E-state index is 12.8. The van der Waals surface area contributed by atoms with Gasteiger partial charge >= 0.3 is 5.97 Å². The van der Waals surface area contributed by atoms with E-state index in [0.717, 1.165) is 61.7 Å². The Bertz CT molecular complexity index is 936. The molecule has 0 aromatic carbocycles. The Morgan fingerprint density at radius 1 is 0.889 bits per heavy atom. The van der Waals surface area contributed by atoms with Gasteiger partial charge in [0.15, 0.2) is 0 Å². The summed E-state index contributed by atoms with van der Waals surface area (Å²) in [7, 11) is 0. The number of allylic oxidation sites excluding steroid dienone is 3. The number of aliphatic hydroxyl groups excluding tert-OH is 1. The van der Waals surface area contributed by atoms with E-state index in [-0.39, 0.29) is 12.1 Å². The molecule has 0 aromatic heterocycles. The first-order chi connectivity index (χ1) is 21.8. The molecule has 0 amide bonds. The molecular weight excluding hydrogens is 552 g/mol. The van der Waals surface area contributed by atoms with Crippen molar-refractivity contribution in [3.05, 3.63) is 23.8 Å². The second-order valence-electron chi connectivity index (χ2n) is 16.5. The number of rotatable bonds is 20. The molecule has 2 unspecified atom stereocenters. The van der Waals surface area contributed by atoms with Crippen LogP contribution in [-0.2, 0) is 9.53 Å². The number of unbranched alkanes of at least 4 members (excludes halogenated alkanes) is 11. The van der Waals surface area contributed by atoms with Gasteiger partial charge in [0, 0.05) is 19.4 Å². The Balaban J connectivity index is 1.11. The highest BCUT2D eigenvalue weighted by molar-refractivity contribution is 5.69. The molecule has 3 fully saturated rings. The summed E-state index contributed by atoms with van der Waals surface area (Å²) in [5.74, 6) is 4.07. The molecule has 0 spiro atoms. The monoisotopic (exact) mass is 625 g/mol. The Morgan fingerprint density at radius 3 is 2.29 bits per heavy atom. The van der Waals surface area contributed by atoms with E-state index < -0.39 is 0 Å². The molecule has 258 valence electrons. The van der Waals surface area contributed by atoms with Crippen LogP contribution in [0.5, 0.6) is 0 Å². The summed E-state index contributed by atoms with van der Waals surface area (Å²) in [6.45, 7) is 10.3. The molecule has 4 aliphatic carbocycles. The number of hydrogen-bond acceptors (Lipinski definition) is 3. The van der Waals surface area contributed by atoms with Crippen molar-refractivity contribution in [1.29, 1.82) is 0 Å². The number of ether oxygens (including phenoxy) is 1. The SMILES string of the molecule is CCCCCCCC/C=C\CCCCCCCC(=O)O[C@H]1CC[C@@]2(C)C(=CC[C@@H]3[C@@H]2CC[C@]2(C)C(C(C)CCCO)CC[C@@H]32)C1. The van der Waals surface area contributed by atoms with Gasteiger partial charge in [-0.3, -0.25) is 4.79 Å². The van der Waals surface area contributed by atoms with Gasteiger partial charge < -0.3 is 9.84 Å². The fourth-order valence-electron chi connectivity index (χ4n) is 10.9. The molecule has 4 aliphatic rings. The van der Waals surface area contributed by atoms with E-state index >= 15 is 0 Å². The van der Waals surface area contributed by atoms with Crippen LogP contribution in [0.1, 0.15) is 182 Å². The van der Waals surface area contributed by atoms with E-state index in [0.29, 0.717) is 23.9 Å². The zero-order valence-electron chi connectivity index (χ0n) is 30.1. The van der Waals surface area contributed by atoms with Gasteiger partial charge in [0.2, 0.25) is 0 Å². The minimum atomic E-state index is 0.0382. The van der Waals surface area contributed by atoms with E-state index in [2.05, 4.69) is 45.9 Å². The maximum absolute atomic E-state index is 12.8. The second-order valence-corrected chi connectivity index (χ2v) is 16.5. The fraction of sp³-hybridized carbons (Fsp3) is 0.881. The third-order valence-corrected chi connectivity index (χ3v) is 13.6. The highest BCUT2D eigenvalue weighted by Crippen LogP contribution is 2.67. The first-order valence-corrected chi connectivity index (χ1v) is 20.0. The largest absolute Gasteiger partial charge is 0.462 e. The number of carbonyl (C=O) groups excluding carboxylic acids is 1. The molecule has 45 heavy (non-hydrogen) atoms. The van der Waals surface area contributed by atoms with Crippen molar-refractivity contribution < 1.29 is 14.6 Å². The van der Waals surface area contributed by atoms with Gasteiger partial charge in [-0.15, -0.1) is 0 Å². The highest BCUT2D eigenvalue weighted by Gasteiger charge is 2.59. The lowest BCUT2D eigenvalue weighted by Crippen LogP contribution is -2.51. The molecular formula is C42H72O3. The molecule has 0 bridgehead atoms. The van der Waals surface area contributed by atoms with Gasteiger partial charge in [0.1, 0.15) is 6.10 Å². The molecule has 1 N–H and O–H groups in total. The molecule has 0 heterocycles. The summed E-state index contributed by atoms with van der Waals surface area (Å²) in [6, 6.07) is 0. The average molecular weight is 625 g/mol. The average Bonchev–Trinajstić information content (AvgIpc) is 3.39. The highest BCUT2D eigenvalue weighted by atomic mass is 16.5. The van der Waals surface area contributed by atoms with E-state index in [4.69, 9.17) is 4.74 Å². The van der Waals surface area contributed by atoms with Crippen LogP contribution < -0.4 is 0 Å². The van der Waals surface area contributed by atoms with Crippen LogP contribution in [-0.4, -0.2) is 23.8 Å². The predicted molar refractivity (Wildman–Crippen MR) is 190 cm³/mol. The van der Waals surface area contributed by atoms with Crippen LogP contribution in [0, 0.1) is 40.4 Å². The van der Waals surface area contributed by atoms with Crippen molar-refractivity contribution in [1.82, 2.24) is 0 Å². The summed E-state index contributed by atoms with van der Waals surface area (Å²) in [5.41, 5.74) is 2.40.